The molecule has 0 radical (unpaired) electrons. The molecule has 1 aromatic heterocycles. The Hall–Kier alpha value is -2.21. The van der Waals surface area contributed by atoms with E-state index in [2.05, 4.69) is 20.8 Å². The van der Waals surface area contributed by atoms with Crippen molar-refractivity contribution in [1.82, 2.24) is 15.5 Å². The van der Waals surface area contributed by atoms with Crippen molar-refractivity contribution in [2.45, 2.75) is 13.0 Å². The van der Waals surface area contributed by atoms with Crippen LogP contribution in [0.2, 0.25) is 0 Å². The lowest BCUT2D eigenvalue weighted by Gasteiger charge is -2.10. The van der Waals surface area contributed by atoms with Gasteiger partial charge in [0.1, 0.15) is 0 Å². The standard InChI is InChI=1S/C12H14N4O2/c1-8(13-2)11(17)15-10-5-3-9(4-6-10)12-16-14-7-18-12/h3-8,13H,1-2H3,(H,15,17). The fourth-order valence-electron chi connectivity index (χ4n) is 1.38. The first-order valence-corrected chi connectivity index (χ1v) is 5.55. The Bertz CT molecular complexity index is 507. The van der Waals surface area contributed by atoms with E-state index < -0.39 is 0 Å². The van der Waals surface area contributed by atoms with Crippen molar-refractivity contribution in [1.29, 1.82) is 0 Å². The molecule has 2 rings (SSSR count). The summed E-state index contributed by atoms with van der Waals surface area (Å²) >= 11 is 0. The van der Waals surface area contributed by atoms with Crippen molar-refractivity contribution in [2.24, 2.45) is 0 Å². The van der Waals surface area contributed by atoms with E-state index in [1.807, 2.05) is 12.1 Å². The van der Waals surface area contributed by atoms with Crippen molar-refractivity contribution in [3.8, 4) is 11.5 Å². The maximum absolute atomic E-state index is 11.6. The van der Waals surface area contributed by atoms with Crippen LogP contribution in [-0.4, -0.2) is 29.2 Å². The summed E-state index contributed by atoms with van der Waals surface area (Å²) in [4.78, 5) is 11.6. The van der Waals surface area contributed by atoms with Crippen LogP contribution >= 0.6 is 0 Å². The molecule has 0 aliphatic carbocycles. The molecule has 94 valence electrons. The summed E-state index contributed by atoms with van der Waals surface area (Å²) in [5.41, 5.74) is 1.54. The summed E-state index contributed by atoms with van der Waals surface area (Å²) in [5, 5.41) is 13.1. The molecule has 0 saturated carbocycles. The highest BCUT2D eigenvalue weighted by Gasteiger charge is 2.10. The first-order valence-electron chi connectivity index (χ1n) is 5.55. The van der Waals surface area contributed by atoms with Crippen molar-refractivity contribution in [3.05, 3.63) is 30.7 Å². The molecule has 18 heavy (non-hydrogen) atoms. The number of rotatable bonds is 4. The molecule has 0 fully saturated rings. The van der Waals surface area contributed by atoms with Crippen LogP contribution in [0.5, 0.6) is 0 Å². The number of carbonyl (C=O) groups excluding carboxylic acids is 1. The first-order chi connectivity index (χ1) is 8.70. The smallest absolute Gasteiger partial charge is 0.247 e. The summed E-state index contributed by atoms with van der Waals surface area (Å²) in [5.74, 6) is 0.375. The van der Waals surface area contributed by atoms with E-state index in [-0.39, 0.29) is 11.9 Å². The Morgan fingerprint density at radius 2 is 2.06 bits per heavy atom. The third-order valence-corrected chi connectivity index (χ3v) is 2.59. The van der Waals surface area contributed by atoms with E-state index in [1.54, 1.807) is 26.1 Å². The van der Waals surface area contributed by atoms with E-state index in [1.165, 1.54) is 6.39 Å². The number of hydrogen-bond acceptors (Lipinski definition) is 5. The molecule has 1 amide bonds. The Morgan fingerprint density at radius 3 is 2.61 bits per heavy atom. The van der Waals surface area contributed by atoms with Crippen LogP contribution in [-0.2, 0) is 4.79 Å². The molecular weight excluding hydrogens is 232 g/mol. The Morgan fingerprint density at radius 1 is 1.33 bits per heavy atom. The molecule has 1 unspecified atom stereocenters. The van der Waals surface area contributed by atoms with E-state index in [9.17, 15) is 4.79 Å². The Kier molecular flexibility index (Phi) is 3.69. The molecule has 0 saturated heterocycles. The lowest BCUT2D eigenvalue weighted by Crippen LogP contribution is -2.35. The van der Waals surface area contributed by atoms with Crippen LogP contribution in [0.1, 0.15) is 6.92 Å². The minimum Gasteiger partial charge on any atom is -0.423 e. The topological polar surface area (TPSA) is 80.0 Å². The van der Waals surface area contributed by atoms with Crippen LogP contribution in [0.4, 0.5) is 5.69 Å². The van der Waals surface area contributed by atoms with Gasteiger partial charge in [-0.25, -0.2) is 0 Å². The minimum atomic E-state index is -0.236. The zero-order chi connectivity index (χ0) is 13.0. The van der Waals surface area contributed by atoms with Gasteiger partial charge in [0.25, 0.3) is 0 Å². The van der Waals surface area contributed by atoms with Gasteiger partial charge in [-0.2, -0.15) is 0 Å². The van der Waals surface area contributed by atoms with Crippen LogP contribution in [0.15, 0.2) is 35.1 Å². The van der Waals surface area contributed by atoms with E-state index >= 15 is 0 Å². The zero-order valence-corrected chi connectivity index (χ0v) is 10.2. The van der Waals surface area contributed by atoms with Crippen LogP contribution < -0.4 is 10.6 Å². The van der Waals surface area contributed by atoms with Gasteiger partial charge in [0.05, 0.1) is 6.04 Å². The predicted molar refractivity (Wildman–Crippen MR) is 66.9 cm³/mol. The maximum Gasteiger partial charge on any atom is 0.247 e. The van der Waals surface area contributed by atoms with Gasteiger partial charge in [0, 0.05) is 11.3 Å². The van der Waals surface area contributed by atoms with Gasteiger partial charge in [-0.05, 0) is 38.2 Å². The molecule has 0 aliphatic rings. The molecule has 2 N–H and O–H groups in total. The number of nitrogens with zero attached hydrogens (tertiary/aromatic N) is 2. The van der Waals surface area contributed by atoms with Gasteiger partial charge in [-0.1, -0.05) is 0 Å². The number of nitrogens with one attached hydrogen (secondary N) is 2. The van der Waals surface area contributed by atoms with E-state index in [0.717, 1.165) is 11.3 Å². The summed E-state index contributed by atoms with van der Waals surface area (Å²) < 4.78 is 5.08. The molecule has 0 bridgehead atoms. The van der Waals surface area contributed by atoms with Gasteiger partial charge in [-0.3, -0.25) is 4.79 Å². The fraction of sp³-hybridized carbons (Fsp3) is 0.250. The normalized spacial score (nSPS) is 12.1. The average molecular weight is 246 g/mol. The highest BCUT2D eigenvalue weighted by atomic mass is 16.4. The van der Waals surface area contributed by atoms with Crippen LogP contribution in [0, 0.1) is 0 Å². The lowest BCUT2D eigenvalue weighted by atomic mass is 10.2. The third-order valence-electron chi connectivity index (χ3n) is 2.59. The van der Waals surface area contributed by atoms with E-state index in [0.29, 0.717) is 5.89 Å². The van der Waals surface area contributed by atoms with E-state index in [4.69, 9.17) is 4.42 Å². The first kappa shape index (κ1) is 12.3. The average Bonchev–Trinajstić information content (AvgIpc) is 2.92. The zero-order valence-electron chi connectivity index (χ0n) is 10.2. The summed E-state index contributed by atoms with van der Waals surface area (Å²) in [6.45, 7) is 1.79. The highest BCUT2D eigenvalue weighted by molar-refractivity contribution is 5.94. The number of amides is 1. The number of carbonyl (C=O) groups is 1. The van der Waals surface area contributed by atoms with Gasteiger partial charge in [0.15, 0.2) is 0 Å². The summed E-state index contributed by atoms with van der Waals surface area (Å²) in [6.07, 6.45) is 1.28. The molecule has 1 heterocycles. The third kappa shape index (κ3) is 2.72. The number of aromatic nitrogens is 2. The maximum atomic E-state index is 11.6. The van der Waals surface area contributed by atoms with Crippen molar-refractivity contribution in [2.75, 3.05) is 12.4 Å². The van der Waals surface area contributed by atoms with Gasteiger partial charge in [0.2, 0.25) is 18.2 Å². The second-order valence-corrected chi connectivity index (χ2v) is 3.82. The predicted octanol–water partition coefficient (Wildman–Crippen LogP) is 1.28. The number of anilines is 1. The quantitative estimate of drug-likeness (QED) is 0.849. The molecule has 1 aromatic carbocycles. The molecule has 6 nitrogen and oxygen atoms in total. The molecule has 2 aromatic rings. The molecule has 0 spiro atoms. The second-order valence-electron chi connectivity index (χ2n) is 3.82. The largest absolute Gasteiger partial charge is 0.423 e. The van der Waals surface area contributed by atoms with Gasteiger partial charge >= 0.3 is 0 Å². The van der Waals surface area contributed by atoms with Gasteiger partial charge in [-0.15, -0.1) is 10.2 Å². The van der Waals surface area contributed by atoms with Crippen LogP contribution in [0.3, 0.4) is 0 Å². The molecule has 1 atom stereocenters. The number of likely N-dealkylation sites (N-methyl/N-ethyl adjacent to an activating group) is 1. The molecule has 6 heteroatoms. The summed E-state index contributed by atoms with van der Waals surface area (Å²) in [7, 11) is 1.74. The highest BCUT2D eigenvalue weighted by Crippen LogP contribution is 2.18. The molecule has 0 aliphatic heterocycles. The Balaban J connectivity index is 2.06. The second kappa shape index (κ2) is 5.42. The monoisotopic (exact) mass is 246 g/mol. The van der Waals surface area contributed by atoms with Crippen molar-refractivity contribution in [3.63, 3.8) is 0 Å². The minimum absolute atomic E-state index is 0.0805. The van der Waals surface area contributed by atoms with Crippen molar-refractivity contribution < 1.29 is 9.21 Å². The number of benzene rings is 1. The number of hydrogen-bond donors (Lipinski definition) is 2. The molecular formula is C12H14N4O2. The summed E-state index contributed by atoms with van der Waals surface area (Å²) in [6, 6.07) is 6.97. The fourth-order valence-corrected chi connectivity index (χ4v) is 1.38. The SMILES string of the molecule is CNC(C)C(=O)Nc1ccc(-c2nnco2)cc1. The Labute approximate surface area is 104 Å². The van der Waals surface area contributed by atoms with Crippen LogP contribution in [0.25, 0.3) is 11.5 Å². The van der Waals surface area contributed by atoms with Gasteiger partial charge < -0.3 is 15.1 Å². The lowest BCUT2D eigenvalue weighted by molar-refractivity contribution is -0.117. The van der Waals surface area contributed by atoms with Crippen molar-refractivity contribution >= 4 is 11.6 Å².